The van der Waals surface area contributed by atoms with E-state index in [1.54, 1.807) is 0 Å². The fourth-order valence-corrected chi connectivity index (χ4v) is 12.8. The Morgan fingerprint density at radius 2 is 0.630 bits per heavy atom. The Morgan fingerprint density at radius 1 is 0.288 bits per heavy atom. The lowest BCUT2D eigenvalue weighted by Gasteiger charge is -2.30. The first-order valence-corrected chi connectivity index (χ1v) is 25.9. The van der Waals surface area contributed by atoms with Crippen LogP contribution in [0.25, 0.3) is 68.8 Å². The van der Waals surface area contributed by atoms with Crippen LogP contribution in [-0.4, -0.2) is 14.1 Å². The van der Waals surface area contributed by atoms with Crippen LogP contribution >= 0.6 is 0 Å². The van der Waals surface area contributed by atoms with Gasteiger partial charge in [-0.3, -0.25) is 0 Å². The Morgan fingerprint density at radius 3 is 1.08 bits per heavy atom. The monoisotopic (exact) mass is 934 g/mol. The lowest BCUT2D eigenvalue weighted by atomic mass is 9.70. The lowest BCUT2D eigenvalue weighted by Crippen LogP contribution is -2.26. The summed E-state index contributed by atoms with van der Waals surface area (Å²) in [7, 11) is 4.41. The van der Waals surface area contributed by atoms with Crippen LogP contribution in [0.5, 0.6) is 0 Å². The molecule has 0 N–H and O–H groups in total. The van der Waals surface area contributed by atoms with E-state index in [0.29, 0.717) is 0 Å². The number of aryl methyl sites for hydroxylation is 4. The van der Waals surface area contributed by atoms with Crippen LogP contribution in [0.4, 0.5) is 22.7 Å². The van der Waals surface area contributed by atoms with Gasteiger partial charge >= 0.3 is 0 Å². The molecule has 4 aliphatic rings. The topological polar surface area (TPSA) is 6.48 Å². The number of fused-ring (bicyclic) bond motifs is 14. The third-order valence-electron chi connectivity index (χ3n) is 16.5. The number of rotatable bonds is 6. The van der Waals surface area contributed by atoms with Gasteiger partial charge in [0, 0.05) is 36.8 Å². The minimum absolute atomic E-state index is 0.442. The van der Waals surface area contributed by atoms with Gasteiger partial charge in [-0.2, -0.15) is 0 Å². The van der Waals surface area contributed by atoms with Crippen molar-refractivity contribution >= 4 is 47.1 Å². The Labute approximate surface area is 429 Å². The molecular weight excluding hydrogens is 881 g/mol. The van der Waals surface area contributed by atoms with Crippen LogP contribution < -0.4 is 9.80 Å². The molecule has 14 rings (SSSR count). The molecule has 2 aliphatic carbocycles. The molecule has 2 heterocycles. The van der Waals surface area contributed by atoms with Crippen molar-refractivity contribution < 1.29 is 0 Å². The van der Waals surface area contributed by atoms with E-state index in [4.69, 9.17) is 0 Å². The summed E-state index contributed by atoms with van der Waals surface area (Å²) in [6, 6.07) is 82.1. The summed E-state index contributed by atoms with van der Waals surface area (Å²) >= 11 is 0. The number of nitrogens with zero attached hydrogens (tertiary/aromatic N) is 2. The predicted octanol–water partition coefficient (Wildman–Crippen LogP) is 17.4. The van der Waals surface area contributed by atoms with E-state index < -0.39 is 5.41 Å². The molecular formula is C71H54N2. The van der Waals surface area contributed by atoms with Crippen LogP contribution in [0.1, 0.15) is 66.8 Å². The molecule has 0 radical (unpaired) electrons. The van der Waals surface area contributed by atoms with Crippen molar-refractivity contribution in [2.75, 3.05) is 23.9 Å². The average Bonchev–Trinajstić information content (AvgIpc) is 3.81. The van der Waals surface area contributed by atoms with E-state index in [9.17, 15) is 0 Å². The molecule has 2 aliphatic heterocycles. The van der Waals surface area contributed by atoms with Gasteiger partial charge in [0.05, 0.1) is 5.41 Å². The zero-order chi connectivity index (χ0) is 48.6. The highest BCUT2D eigenvalue weighted by Gasteiger charge is 2.51. The average molecular weight is 935 g/mol. The lowest BCUT2D eigenvalue weighted by molar-refractivity contribution is 0.793. The van der Waals surface area contributed by atoms with Gasteiger partial charge in [-0.15, -0.1) is 0 Å². The second-order valence-electron chi connectivity index (χ2n) is 20.4. The largest absolute Gasteiger partial charge is 0.344 e. The number of para-hydroxylation sites is 2. The van der Waals surface area contributed by atoms with Crippen molar-refractivity contribution in [3.63, 3.8) is 0 Å². The first-order valence-electron chi connectivity index (χ1n) is 25.9. The molecule has 10 aromatic rings. The van der Waals surface area contributed by atoms with E-state index in [-0.39, 0.29) is 0 Å². The molecule has 0 saturated carbocycles. The summed E-state index contributed by atoms with van der Waals surface area (Å²) in [6.07, 6.45) is 13.3. The molecule has 2 heteroatoms. The smallest absolute Gasteiger partial charge is 0.0725 e. The number of hydrogen-bond acceptors (Lipinski definition) is 2. The summed E-state index contributed by atoms with van der Waals surface area (Å²) in [5.41, 5.74) is 30.7. The number of hydrogen-bond donors (Lipinski definition) is 0. The molecule has 2 nitrogen and oxygen atoms in total. The van der Waals surface area contributed by atoms with Gasteiger partial charge in [0.1, 0.15) is 0 Å². The number of anilines is 4. The van der Waals surface area contributed by atoms with Gasteiger partial charge in [-0.05, 0) is 173 Å². The maximum absolute atomic E-state index is 2.46. The standard InChI is InChI=1S/C71H54N2/c1-72-67-17-9-3-11-53(67)33-35-55-37-39-57(45-69(55)72)51-29-23-47(24-30-51)19-21-49-27-41-61-62-42-28-50(44-66(62)71(65(61)43-49)63-15-7-5-13-59(63)60-14-6-8-16-64(60)71)22-20-48-25-31-52(32-26-48)58-40-38-56-36-34-54-12-4-10-18-68(54)73(2)70(56)46-58/h3-32,37-46H,33-36H2,1-2H3. The second-order valence-corrected chi connectivity index (χ2v) is 20.4. The molecule has 0 amide bonds. The third kappa shape index (κ3) is 7.07. The van der Waals surface area contributed by atoms with Gasteiger partial charge in [0.25, 0.3) is 0 Å². The van der Waals surface area contributed by atoms with Gasteiger partial charge in [-0.1, -0.05) is 206 Å². The Bertz CT molecular complexity index is 3630. The molecule has 0 unspecified atom stereocenters. The molecule has 10 aromatic carbocycles. The van der Waals surface area contributed by atoms with Gasteiger partial charge in [0.2, 0.25) is 0 Å². The normalized spacial score (nSPS) is 14.4. The van der Waals surface area contributed by atoms with E-state index in [0.717, 1.165) is 25.7 Å². The van der Waals surface area contributed by atoms with Crippen LogP contribution in [0.15, 0.2) is 218 Å². The molecule has 1 spiro atoms. The van der Waals surface area contributed by atoms with E-state index in [1.807, 2.05) is 0 Å². The summed E-state index contributed by atoms with van der Waals surface area (Å²) in [5.74, 6) is 0. The Balaban J connectivity index is 0.766. The Hall–Kier alpha value is -8.72. The van der Waals surface area contributed by atoms with Crippen molar-refractivity contribution in [2.45, 2.75) is 31.1 Å². The maximum Gasteiger partial charge on any atom is 0.0725 e. The van der Waals surface area contributed by atoms with Gasteiger partial charge in [0.15, 0.2) is 0 Å². The summed E-state index contributed by atoms with van der Waals surface area (Å²) in [6.45, 7) is 0. The van der Waals surface area contributed by atoms with Crippen molar-refractivity contribution in [3.8, 4) is 44.5 Å². The predicted molar refractivity (Wildman–Crippen MR) is 308 cm³/mol. The molecule has 0 atom stereocenters. The molecule has 0 aromatic heterocycles. The molecule has 0 bridgehead atoms. The van der Waals surface area contributed by atoms with Gasteiger partial charge < -0.3 is 9.80 Å². The fourth-order valence-electron chi connectivity index (χ4n) is 12.8. The summed E-state index contributed by atoms with van der Waals surface area (Å²) in [5, 5.41) is 0. The summed E-state index contributed by atoms with van der Waals surface area (Å²) in [4.78, 5) is 4.74. The maximum atomic E-state index is 2.46. The fraction of sp³-hybridized carbons (Fsp3) is 0.0986. The molecule has 0 saturated heterocycles. The summed E-state index contributed by atoms with van der Waals surface area (Å²) < 4.78 is 0. The minimum atomic E-state index is -0.442. The minimum Gasteiger partial charge on any atom is -0.344 e. The van der Waals surface area contributed by atoms with Crippen molar-refractivity contribution in [1.29, 1.82) is 0 Å². The highest BCUT2D eigenvalue weighted by molar-refractivity contribution is 5.96. The van der Waals surface area contributed by atoms with Crippen molar-refractivity contribution in [1.82, 2.24) is 0 Å². The van der Waals surface area contributed by atoms with Crippen LogP contribution in [-0.2, 0) is 31.1 Å². The first-order chi connectivity index (χ1) is 36.0. The first kappa shape index (κ1) is 43.1. The highest BCUT2D eigenvalue weighted by atomic mass is 15.1. The SMILES string of the molecule is CN1c2ccccc2CCc2ccc(-c3ccc(C=Cc4ccc5c(c4)C4(c6ccccc6-c6ccccc64)c4cc(C=Cc6ccc(-c7ccc8c(c7)N(C)c7ccccc7CC8)cc6)ccc4-5)cc3)cc21. The van der Waals surface area contributed by atoms with E-state index in [1.165, 1.54) is 134 Å². The van der Waals surface area contributed by atoms with Crippen molar-refractivity contribution in [3.05, 3.63) is 285 Å². The number of benzene rings is 10. The molecule has 348 valence electrons. The zero-order valence-corrected chi connectivity index (χ0v) is 41.3. The molecule has 73 heavy (non-hydrogen) atoms. The van der Waals surface area contributed by atoms with Crippen LogP contribution in [0, 0.1) is 0 Å². The van der Waals surface area contributed by atoms with Crippen LogP contribution in [0.2, 0.25) is 0 Å². The van der Waals surface area contributed by atoms with E-state index >= 15 is 0 Å². The van der Waals surface area contributed by atoms with Gasteiger partial charge in [-0.25, -0.2) is 0 Å². The van der Waals surface area contributed by atoms with Crippen molar-refractivity contribution in [2.24, 2.45) is 0 Å². The van der Waals surface area contributed by atoms with Crippen LogP contribution in [0.3, 0.4) is 0 Å². The highest BCUT2D eigenvalue weighted by Crippen LogP contribution is 2.63. The third-order valence-corrected chi connectivity index (χ3v) is 16.5. The quantitative estimate of drug-likeness (QED) is 0.153. The zero-order valence-electron chi connectivity index (χ0n) is 41.3. The Kier molecular flexibility index (Phi) is 10.2. The molecule has 0 fully saturated rings. The second kappa shape index (κ2) is 17.3. The van der Waals surface area contributed by atoms with E-state index in [2.05, 4.69) is 267 Å².